The summed E-state index contributed by atoms with van der Waals surface area (Å²) in [5.41, 5.74) is 1.67. The summed E-state index contributed by atoms with van der Waals surface area (Å²) in [5, 5.41) is 5.95. The molecule has 0 fully saturated rings. The van der Waals surface area contributed by atoms with E-state index in [0.717, 1.165) is 17.7 Å². The number of hydrogen-bond donors (Lipinski definition) is 2. The molecule has 26 heavy (non-hydrogen) atoms. The first-order chi connectivity index (χ1) is 12.7. The summed E-state index contributed by atoms with van der Waals surface area (Å²) in [7, 11) is 1.64. The van der Waals surface area contributed by atoms with Gasteiger partial charge in [0.1, 0.15) is 23.7 Å². The number of carbonyl (C=O) groups excluding carboxylic acids is 1. The number of aromatic nitrogens is 3. The number of carbonyl (C=O) groups is 1. The molecule has 0 radical (unpaired) electrons. The molecule has 2 heterocycles. The molecule has 0 aliphatic rings. The third-order valence-electron chi connectivity index (χ3n) is 3.72. The van der Waals surface area contributed by atoms with Crippen LogP contribution in [0.25, 0.3) is 0 Å². The molecule has 7 nitrogen and oxygen atoms in total. The first kappa shape index (κ1) is 17.3. The summed E-state index contributed by atoms with van der Waals surface area (Å²) in [6, 6.07) is 12.9. The Morgan fingerprint density at radius 2 is 1.88 bits per heavy atom. The number of amides is 1. The molecule has 0 spiro atoms. The van der Waals surface area contributed by atoms with Gasteiger partial charge in [-0.25, -0.2) is 15.0 Å². The number of anilines is 2. The molecule has 0 saturated heterocycles. The highest BCUT2D eigenvalue weighted by atomic mass is 16.5. The minimum atomic E-state index is -0.147. The summed E-state index contributed by atoms with van der Waals surface area (Å²) in [6.07, 6.45) is 5.40. The van der Waals surface area contributed by atoms with Crippen LogP contribution in [-0.2, 0) is 6.42 Å². The zero-order valence-electron chi connectivity index (χ0n) is 14.3. The summed E-state index contributed by atoms with van der Waals surface area (Å²) in [6.45, 7) is 0.544. The molecule has 0 atom stereocenters. The third-order valence-corrected chi connectivity index (χ3v) is 3.72. The van der Waals surface area contributed by atoms with Crippen molar-refractivity contribution in [1.82, 2.24) is 20.3 Å². The highest BCUT2D eigenvalue weighted by Gasteiger charge is 2.07. The lowest BCUT2D eigenvalue weighted by atomic mass is 10.1. The van der Waals surface area contributed by atoms with Crippen LogP contribution >= 0.6 is 0 Å². The van der Waals surface area contributed by atoms with Gasteiger partial charge in [0.25, 0.3) is 5.91 Å². The highest BCUT2D eigenvalue weighted by Crippen LogP contribution is 2.13. The lowest BCUT2D eigenvalue weighted by molar-refractivity contribution is 0.0954. The van der Waals surface area contributed by atoms with Crippen molar-refractivity contribution in [1.29, 1.82) is 0 Å². The van der Waals surface area contributed by atoms with Crippen molar-refractivity contribution < 1.29 is 9.53 Å². The van der Waals surface area contributed by atoms with Gasteiger partial charge in [-0.3, -0.25) is 4.79 Å². The van der Waals surface area contributed by atoms with Crippen LogP contribution in [0.1, 0.15) is 15.9 Å². The van der Waals surface area contributed by atoms with Crippen LogP contribution in [0, 0.1) is 0 Å². The van der Waals surface area contributed by atoms with Crippen molar-refractivity contribution in [2.45, 2.75) is 6.42 Å². The average Bonchev–Trinajstić information content (AvgIpc) is 2.69. The first-order valence-electron chi connectivity index (χ1n) is 8.15. The Balaban J connectivity index is 1.55. The quantitative estimate of drug-likeness (QED) is 0.681. The van der Waals surface area contributed by atoms with Crippen molar-refractivity contribution in [3.05, 3.63) is 72.3 Å². The second-order valence-electron chi connectivity index (χ2n) is 5.50. The van der Waals surface area contributed by atoms with Gasteiger partial charge >= 0.3 is 0 Å². The fraction of sp³-hybridized carbons (Fsp3) is 0.158. The summed E-state index contributed by atoms with van der Waals surface area (Å²) in [4.78, 5) is 24.5. The SMILES string of the molecule is COc1ccc(CCNC(=O)c2ccnc(Nc3ccncn3)c2)cc1. The molecule has 3 aromatic rings. The van der Waals surface area contributed by atoms with Crippen LogP contribution in [0.15, 0.2) is 61.2 Å². The van der Waals surface area contributed by atoms with Gasteiger partial charge in [0, 0.05) is 24.5 Å². The Kier molecular flexibility index (Phi) is 5.72. The second-order valence-corrected chi connectivity index (χ2v) is 5.50. The fourth-order valence-electron chi connectivity index (χ4n) is 2.35. The van der Waals surface area contributed by atoms with E-state index in [-0.39, 0.29) is 5.91 Å². The highest BCUT2D eigenvalue weighted by molar-refractivity contribution is 5.94. The topological polar surface area (TPSA) is 89.0 Å². The molecule has 1 aromatic carbocycles. The van der Waals surface area contributed by atoms with E-state index in [9.17, 15) is 4.79 Å². The van der Waals surface area contributed by atoms with E-state index in [2.05, 4.69) is 25.6 Å². The van der Waals surface area contributed by atoms with E-state index in [1.165, 1.54) is 6.33 Å². The Bertz CT molecular complexity index is 853. The molecule has 132 valence electrons. The zero-order chi connectivity index (χ0) is 18.2. The molecular weight excluding hydrogens is 330 g/mol. The molecule has 1 amide bonds. The van der Waals surface area contributed by atoms with Gasteiger partial charge in [-0.15, -0.1) is 0 Å². The zero-order valence-corrected chi connectivity index (χ0v) is 14.3. The standard InChI is InChI=1S/C19H19N5O2/c1-26-16-4-2-14(3-5-16)6-10-22-19(25)15-7-11-21-18(12-15)24-17-8-9-20-13-23-17/h2-5,7-9,11-13H,6,10H2,1H3,(H,22,25)(H,20,21,23,24). The van der Waals surface area contributed by atoms with Crippen LogP contribution < -0.4 is 15.4 Å². The van der Waals surface area contributed by atoms with Crippen molar-refractivity contribution >= 4 is 17.5 Å². The molecular formula is C19H19N5O2. The number of nitrogens with zero attached hydrogens (tertiary/aromatic N) is 3. The van der Waals surface area contributed by atoms with Crippen molar-refractivity contribution in [2.24, 2.45) is 0 Å². The van der Waals surface area contributed by atoms with Gasteiger partial charge in [0.05, 0.1) is 7.11 Å². The maximum Gasteiger partial charge on any atom is 0.251 e. The Morgan fingerprint density at radius 3 is 2.62 bits per heavy atom. The third kappa shape index (κ3) is 4.76. The van der Waals surface area contributed by atoms with E-state index in [0.29, 0.717) is 23.7 Å². The Hall–Kier alpha value is -3.48. The van der Waals surface area contributed by atoms with E-state index < -0.39 is 0 Å². The molecule has 0 aliphatic heterocycles. The lowest BCUT2D eigenvalue weighted by Crippen LogP contribution is -2.25. The van der Waals surface area contributed by atoms with Crippen LogP contribution in [0.2, 0.25) is 0 Å². The van der Waals surface area contributed by atoms with Gasteiger partial charge in [-0.1, -0.05) is 12.1 Å². The first-order valence-corrected chi connectivity index (χ1v) is 8.15. The fourth-order valence-corrected chi connectivity index (χ4v) is 2.35. The number of benzene rings is 1. The smallest absolute Gasteiger partial charge is 0.251 e. The Morgan fingerprint density at radius 1 is 1.04 bits per heavy atom. The maximum atomic E-state index is 12.3. The molecule has 0 unspecified atom stereocenters. The molecule has 3 rings (SSSR count). The van der Waals surface area contributed by atoms with E-state index in [4.69, 9.17) is 4.74 Å². The molecule has 0 saturated carbocycles. The van der Waals surface area contributed by atoms with E-state index >= 15 is 0 Å². The number of rotatable bonds is 7. The normalized spacial score (nSPS) is 10.2. The number of nitrogens with one attached hydrogen (secondary N) is 2. The molecule has 2 aromatic heterocycles. The average molecular weight is 349 g/mol. The van der Waals surface area contributed by atoms with Crippen molar-refractivity contribution in [3.8, 4) is 5.75 Å². The van der Waals surface area contributed by atoms with Gasteiger partial charge in [-0.2, -0.15) is 0 Å². The minimum absolute atomic E-state index is 0.147. The molecule has 0 aliphatic carbocycles. The molecule has 0 bridgehead atoms. The van der Waals surface area contributed by atoms with E-state index in [1.54, 1.807) is 37.7 Å². The second kappa shape index (κ2) is 8.57. The van der Waals surface area contributed by atoms with E-state index in [1.807, 2.05) is 24.3 Å². The van der Waals surface area contributed by atoms with Crippen LogP contribution in [0.5, 0.6) is 5.75 Å². The maximum absolute atomic E-state index is 12.3. The largest absolute Gasteiger partial charge is 0.497 e. The monoisotopic (exact) mass is 349 g/mol. The Labute approximate surface area is 151 Å². The number of hydrogen-bond acceptors (Lipinski definition) is 6. The van der Waals surface area contributed by atoms with Gasteiger partial charge in [0.2, 0.25) is 0 Å². The predicted molar refractivity (Wildman–Crippen MR) is 98.6 cm³/mol. The number of ether oxygens (including phenoxy) is 1. The van der Waals surface area contributed by atoms with Crippen molar-refractivity contribution in [2.75, 3.05) is 19.0 Å². The van der Waals surface area contributed by atoms with Gasteiger partial charge < -0.3 is 15.4 Å². The molecule has 7 heteroatoms. The lowest BCUT2D eigenvalue weighted by Gasteiger charge is -2.08. The van der Waals surface area contributed by atoms with Gasteiger partial charge in [-0.05, 0) is 42.3 Å². The number of pyridine rings is 1. The summed E-state index contributed by atoms with van der Waals surface area (Å²) >= 11 is 0. The van der Waals surface area contributed by atoms with Gasteiger partial charge in [0.15, 0.2) is 0 Å². The number of methoxy groups -OCH3 is 1. The summed E-state index contributed by atoms with van der Waals surface area (Å²) in [5.74, 6) is 1.83. The predicted octanol–water partition coefficient (Wildman–Crippen LogP) is 2.60. The minimum Gasteiger partial charge on any atom is -0.497 e. The molecule has 2 N–H and O–H groups in total. The van der Waals surface area contributed by atoms with Crippen molar-refractivity contribution in [3.63, 3.8) is 0 Å². The van der Waals surface area contributed by atoms with Crippen LogP contribution in [0.3, 0.4) is 0 Å². The summed E-state index contributed by atoms with van der Waals surface area (Å²) < 4.78 is 5.13. The van der Waals surface area contributed by atoms with Crippen LogP contribution in [-0.4, -0.2) is 34.5 Å². The van der Waals surface area contributed by atoms with Crippen LogP contribution in [0.4, 0.5) is 11.6 Å².